The number of para-hydroxylation sites is 1. The van der Waals surface area contributed by atoms with Crippen molar-refractivity contribution in [2.75, 3.05) is 0 Å². The van der Waals surface area contributed by atoms with Crippen molar-refractivity contribution in [3.63, 3.8) is 0 Å². The number of aromatic nitrogens is 1. The van der Waals surface area contributed by atoms with Crippen molar-refractivity contribution in [2.45, 2.75) is 40.0 Å². The number of hydrogen-bond acceptors (Lipinski definition) is 2. The zero-order chi connectivity index (χ0) is 13.4. The molecule has 2 nitrogen and oxygen atoms in total. The number of aryl methyl sites for hydroxylation is 2. The number of pyridine rings is 1. The zero-order valence-electron chi connectivity index (χ0n) is 11.8. The third kappa shape index (κ3) is 1.74. The third-order valence-corrected chi connectivity index (χ3v) is 3.87. The summed E-state index contributed by atoms with van der Waals surface area (Å²) in [4.78, 5) is 4.74. The Morgan fingerprint density at radius 2 is 1.68 bits per heavy atom. The number of furan rings is 1. The Kier molecular flexibility index (Phi) is 3.02. The molecule has 0 radical (unpaired) electrons. The molecular weight excluding hydrogens is 234 g/mol. The second-order valence-electron chi connectivity index (χ2n) is 4.85. The molecule has 0 aliphatic rings. The summed E-state index contributed by atoms with van der Waals surface area (Å²) in [6.45, 7) is 6.59. The molecule has 0 spiro atoms. The molecule has 2 heterocycles. The van der Waals surface area contributed by atoms with Gasteiger partial charge in [-0.2, -0.15) is 0 Å². The molecule has 2 heteroatoms. The molecule has 1 aromatic carbocycles. The van der Waals surface area contributed by atoms with Gasteiger partial charge in [-0.25, -0.2) is 4.98 Å². The van der Waals surface area contributed by atoms with E-state index in [1.54, 1.807) is 0 Å². The van der Waals surface area contributed by atoms with Gasteiger partial charge in [-0.05, 0) is 36.5 Å². The first-order chi connectivity index (χ1) is 9.30. The molecule has 19 heavy (non-hydrogen) atoms. The van der Waals surface area contributed by atoms with E-state index in [1.165, 1.54) is 27.6 Å². The Balaban J connectivity index is 2.51. The van der Waals surface area contributed by atoms with Gasteiger partial charge < -0.3 is 4.42 Å². The average molecular weight is 253 g/mol. The van der Waals surface area contributed by atoms with E-state index in [4.69, 9.17) is 9.40 Å². The van der Waals surface area contributed by atoms with Gasteiger partial charge in [0, 0.05) is 11.1 Å². The Morgan fingerprint density at radius 1 is 0.947 bits per heavy atom. The quantitative estimate of drug-likeness (QED) is 0.678. The molecule has 0 bridgehead atoms. The average Bonchev–Trinajstić information content (AvgIpc) is 2.83. The van der Waals surface area contributed by atoms with Crippen LogP contribution in [0.2, 0.25) is 0 Å². The monoisotopic (exact) mass is 253 g/mol. The molecule has 0 amide bonds. The van der Waals surface area contributed by atoms with Crippen LogP contribution in [0.4, 0.5) is 0 Å². The standard InChI is InChI=1S/C17H19NO/c1-4-11-12(5-2)16-13-9-7-8-10-15(13)19-17(16)18-14(11)6-3/h7-10H,4-6H2,1-3H3. The molecule has 0 saturated heterocycles. The molecule has 0 aliphatic carbocycles. The summed E-state index contributed by atoms with van der Waals surface area (Å²) in [5, 5.41) is 2.41. The van der Waals surface area contributed by atoms with Crippen molar-refractivity contribution in [3.8, 4) is 0 Å². The second-order valence-corrected chi connectivity index (χ2v) is 4.85. The first kappa shape index (κ1) is 12.2. The molecule has 3 rings (SSSR count). The predicted molar refractivity (Wildman–Crippen MR) is 79.6 cm³/mol. The highest BCUT2D eigenvalue weighted by Crippen LogP contribution is 2.33. The van der Waals surface area contributed by atoms with Crippen molar-refractivity contribution >= 4 is 22.1 Å². The van der Waals surface area contributed by atoms with Crippen LogP contribution in [0, 0.1) is 0 Å². The van der Waals surface area contributed by atoms with Gasteiger partial charge in [-0.1, -0.05) is 39.0 Å². The third-order valence-electron chi connectivity index (χ3n) is 3.87. The lowest BCUT2D eigenvalue weighted by molar-refractivity contribution is 0.650. The van der Waals surface area contributed by atoms with Gasteiger partial charge in [0.1, 0.15) is 5.58 Å². The Hall–Kier alpha value is -1.83. The minimum Gasteiger partial charge on any atom is -0.438 e. The predicted octanol–water partition coefficient (Wildman–Crippen LogP) is 4.67. The van der Waals surface area contributed by atoms with Crippen LogP contribution >= 0.6 is 0 Å². The van der Waals surface area contributed by atoms with Gasteiger partial charge in [0.05, 0.1) is 5.39 Å². The molecule has 2 aromatic heterocycles. The Labute approximate surface area is 113 Å². The van der Waals surface area contributed by atoms with E-state index < -0.39 is 0 Å². The Morgan fingerprint density at radius 3 is 2.37 bits per heavy atom. The summed E-state index contributed by atoms with van der Waals surface area (Å²) in [5.41, 5.74) is 5.74. The number of fused-ring (bicyclic) bond motifs is 3. The maximum atomic E-state index is 5.93. The van der Waals surface area contributed by atoms with Crippen molar-refractivity contribution < 1.29 is 4.42 Å². The van der Waals surface area contributed by atoms with Gasteiger partial charge in [0.15, 0.2) is 0 Å². The van der Waals surface area contributed by atoms with E-state index in [0.717, 1.165) is 30.6 Å². The smallest absolute Gasteiger partial charge is 0.227 e. The zero-order valence-corrected chi connectivity index (χ0v) is 11.8. The summed E-state index contributed by atoms with van der Waals surface area (Å²) >= 11 is 0. The van der Waals surface area contributed by atoms with Crippen LogP contribution < -0.4 is 0 Å². The van der Waals surface area contributed by atoms with Gasteiger partial charge >= 0.3 is 0 Å². The van der Waals surface area contributed by atoms with Gasteiger partial charge in [-0.3, -0.25) is 0 Å². The Bertz CT molecular complexity index is 740. The normalized spacial score (nSPS) is 11.5. The number of benzene rings is 1. The first-order valence-corrected chi connectivity index (χ1v) is 7.11. The highest BCUT2D eigenvalue weighted by Gasteiger charge is 2.17. The maximum Gasteiger partial charge on any atom is 0.227 e. The minimum atomic E-state index is 0.798. The van der Waals surface area contributed by atoms with Crippen LogP contribution in [0.3, 0.4) is 0 Å². The van der Waals surface area contributed by atoms with E-state index in [9.17, 15) is 0 Å². The van der Waals surface area contributed by atoms with E-state index >= 15 is 0 Å². The maximum absolute atomic E-state index is 5.93. The minimum absolute atomic E-state index is 0.798. The summed E-state index contributed by atoms with van der Waals surface area (Å²) in [6.07, 6.45) is 3.02. The van der Waals surface area contributed by atoms with Gasteiger partial charge in [0.2, 0.25) is 5.71 Å². The summed E-state index contributed by atoms with van der Waals surface area (Å²) < 4.78 is 5.93. The van der Waals surface area contributed by atoms with Crippen LogP contribution in [-0.4, -0.2) is 4.98 Å². The van der Waals surface area contributed by atoms with Crippen LogP contribution in [0.15, 0.2) is 28.7 Å². The van der Waals surface area contributed by atoms with Crippen molar-refractivity contribution in [1.82, 2.24) is 4.98 Å². The van der Waals surface area contributed by atoms with Gasteiger partial charge in [0.25, 0.3) is 0 Å². The van der Waals surface area contributed by atoms with Gasteiger partial charge in [-0.15, -0.1) is 0 Å². The lowest BCUT2D eigenvalue weighted by Gasteiger charge is -2.11. The molecule has 0 aliphatic heterocycles. The largest absolute Gasteiger partial charge is 0.438 e. The van der Waals surface area contributed by atoms with Crippen molar-refractivity contribution in [2.24, 2.45) is 0 Å². The lowest BCUT2D eigenvalue weighted by Crippen LogP contribution is -2.01. The molecule has 3 aromatic rings. The molecule has 0 fully saturated rings. The summed E-state index contributed by atoms with van der Waals surface area (Å²) in [7, 11) is 0. The first-order valence-electron chi connectivity index (χ1n) is 7.11. The van der Waals surface area contributed by atoms with E-state index in [2.05, 4.69) is 32.9 Å². The lowest BCUT2D eigenvalue weighted by atomic mass is 9.96. The number of hydrogen-bond donors (Lipinski definition) is 0. The fourth-order valence-electron chi connectivity index (χ4n) is 3.02. The highest BCUT2D eigenvalue weighted by atomic mass is 16.3. The van der Waals surface area contributed by atoms with Crippen LogP contribution in [0.1, 0.15) is 37.6 Å². The fourth-order valence-corrected chi connectivity index (χ4v) is 3.02. The van der Waals surface area contributed by atoms with Crippen molar-refractivity contribution in [1.29, 1.82) is 0 Å². The summed E-state index contributed by atoms with van der Waals surface area (Å²) in [5.74, 6) is 0. The number of nitrogens with zero attached hydrogens (tertiary/aromatic N) is 1. The van der Waals surface area contributed by atoms with E-state index in [0.29, 0.717) is 0 Å². The molecule has 98 valence electrons. The molecular formula is C17H19NO. The molecule has 0 N–H and O–H groups in total. The van der Waals surface area contributed by atoms with Crippen molar-refractivity contribution in [3.05, 3.63) is 41.1 Å². The molecule has 0 unspecified atom stereocenters. The fraction of sp³-hybridized carbons (Fsp3) is 0.353. The SMILES string of the molecule is CCc1nc2oc3ccccc3c2c(CC)c1CC. The topological polar surface area (TPSA) is 26.0 Å². The number of rotatable bonds is 3. The molecule has 0 saturated carbocycles. The summed E-state index contributed by atoms with van der Waals surface area (Å²) in [6, 6.07) is 8.23. The highest BCUT2D eigenvalue weighted by molar-refractivity contribution is 6.05. The van der Waals surface area contributed by atoms with Crippen LogP contribution in [0.5, 0.6) is 0 Å². The van der Waals surface area contributed by atoms with E-state index in [1.807, 2.05) is 12.1 Å². The van der Waals surface area contributed by atoms with E-state index in [-0.39, 0.29) is 0 Å². The van der Waals surface area contributed by atoms with Crippen LogP contribution in [0.25, 0.3) is 22.1 Å². The van der Waals surface area contributed by atoms with Crippen LogP contribution in [-0.2, 0) is 19.3 Å². The second kappa shape index (κ2) is 4.69. The molecule has 0 atom stereocenters.